The standard InChI is InChI=1S/C8H11N3O/c1-5-2-3-7(12)6(11-5)4-8(9)10/h2-3,12H,4H2,1H3,(H3,9,10). The number of amidine groups is 1. The van der Waals surface area contributed by atoms with Gasteiger partial charge in [-0.3, -0.25) is 10.4 Å². The molecule has 1 heterocycles. The molecule has 12 heavy (non-hydrogen) atoms. The first-order valence-corrected chi connectivity index (χ1v) is 3.58. The molecule has 4 heteroatoms. The highest BCUT2D eigenvalue weighted by Crippen LogP contribution is 2.14. The molecule has 0 amide bonds. The van der Waals surface area contributed by atoms with Crippen LogP contribution in [0.2, 0.25) is 0 Å². The number of hydrogen-bond acceptors (Lipinski definition) is 3. The lowest BCUT2D eigenvalue weighted by molar-refractivity contribution is 0.466. The molecule has 4 nitrogen and oxygen atoms in total. The Morgan fingerprint density at radius 1 is 1.67 bits per heavy atom. The molecular formula is C8H11N3O. The molecule has 1 aromatic heterocycles. The van der Waals surface area contributed by atoms with E-state index in [4.69, 9.17) is 11.1 Å². The van der Waals surface area contributed by atoms with Crippen molar-refractivity contribution < 1.29 is 5.11 Å². The molecular weight excluding hydrogens is 154 g/mol. The van der Waals surface area contributed by atoms with Crippen molar-refractivity contribution >= 4 is 5.84 Å². The van der Waals surface area contributed by atoms with Gasteiger partial charge in [-0.15, -0.1) is 0 Å². The molecule has 64 valence electrons. The summed E-state index contributed by atoms with van der Waals surface area (Å²) in [5.41, 5.74) is 6.45. The average Bonchev–Trinajstić information content (AvgIpc) is 1.96. The summed E-state index contributed by atoms with van der Waals surface area (Å²) in [5.74, 6) is 0.0965. The van der Waals surface area contributed by atoms with E-state index >= 15 is 0 Å². The molecule has 0 fully saturated rings. The quantitative estimate of drug-likeness (QED) is 0.442. The topological polar surface area (TPSA) is 83.0 Å². The number of aromatic hydroxyl groups is 1. The normalized spacial score (nSPS) is 9.75. The van der Waals surface area contributed by atoms with Crippen LogP contribution in [-0.4, -0.2) is 15.9 Å². The number of nitrogens with zero attached hydrogens (tertiary/aromatic N) is 1. The van der Waals surface area contributed by atoms with Crippen molar-refractivity contribution in [3.05, 3.63) is 23.5 Å². The Morgan fingerprint density at radius 3 is 2.92 bits per heavy atom. The molecule has 0 saturated carbocycles. The average molecular weight is 165 g/mol. The lowest BCUT2D eigenvalue weighted by Gasteiger charge is -2.02. The van der Waals surface area contributed by atoms with Crippen molar-refractivity contribution in [3.63, 3.8) is 0 Å². The smallest absolute Gasteiger partial charge is 0.137 e. The summed E-state index contributed by atoms with van der Waals surface area (Å²) in [6.45, 7) is 1.82. The van der Waals surface area contributed by atoms with E-state index < -0.39 is 0 Å². The number of aromatic nitrogens is 1. The first-order valence-electron chi connectivity index (χ1n) is 3.58. The third-order valence-electron chi connectivity index (χ3n) is 1.45. The fourth-order valence-corrected chi connectivity index (χ4v) is 0.914. The van der Waals surface area contributed by atoms with Crippen molar-refractivity contribution in [1.29, 1.82) is 5.41 Å². The molecule has 0 atom stereocenters. The third-order valence-corrected chi connectivity index (χ3v) is 1.45. The molecule has 1 aromatic rings. The third kappa shape index (κ3) is 1.95. The summed E-state index contributed by atoms with van der Waals surface area (Å²) < 4.78 is 0. The second-order valence-corrected chi connectivity index (χ2v) is 2.62. The molecule has 0 bridgehead atoms. The predicted molar refractivity (Wildman–Crippen MR) is 46.3 cm³/mol. The van der Waals surface area contributed by atoms with Gasteiger partial charge in [0, 0.05) is 5.69 Å². The Hall–Kier alpha value is -1.58. The predicted octanol–water partition coefficient (Wildman–Crippen LogP) is 0.574. The Labute approximate surface area is 70.6 Å². The summed E-state index contributed by atoms with van der Waals surface area (Å²) in [5, 5.41) is 16.3. The van der Waals surface area contributed by atoms with Gasteiger partial charge in [-0.2, -0.15) is 0 Å². The van der Waals surface area contributed by atoms with Gasteiger partial charge in [-0.1, -0.05) is 0 Å². The minimum absolute atomic E-state index is 0.00315. The Kier molecular flexibility index (Phi) is 2.28. The zero-order chi connectivity index (χ0) is 9.14. The van der Waals surface area contributed by atoms with Crippen LogP contribution in [0.3, 0.4) is 0 Å². The van der Waals surface area contributed by atoms with Gasteiger partial charge in [0.2, 0.25) is 0 Å². The summed E-state index contributed by atoms with van der Waals surface area (Å²) in [6, 6.07) is 3.26. The van der Waals surface area contributed by atoms with Gasteiger partial charge in [0.05, 0.1) is 18.0 Å². The van der Waals surface area contributed by atoms with Gasteiger partial charge in [0.1, 0.15) is 5.75 Å². The van der Waals surface area contributed by atoms with Gasteiger partial charge >= 0.3 is 0 Å². The fourth-order valence-electron chi connectivity index (χ4n) is 0.914. The number of rotatable bonds is 2. The van der Waals surface area contributed by atoms with Crippen LogP contribution in [0.5, 0.6) is 5.75 Å². The number of nitrogens with one attached hydrogen (secondary N) is 1. The molecule has 1 rings (SSSR count). The Balaban J connectivity index is 2.97. The van der Waals surface area contributed by atoms with Gasteiger partial charge in [0.25, 0.3) is 0 Å². The van der Waals surface area contributed by atoms with Crippen LogP contribution in [0.25, 0.3) is 0 Å². The highest BCUT2D eigenvalue weighted by atomic mass is 16.3. The van der Waals surface area contributed by atoms with Crippen LogP contribution < -0.4 is 5.73 Å². The van der Waals surface area contributed by atoms with Crippen LogP contribution in [0.4, 0.5) is 0 Å². The Morgan fingerprint density at radius 2 is 2.33 bits per heavy atom. The minimum Gasteiger partial charge on any atom is -0.506 e. The number of nitrogens with two attached hydrogens (primary N) is 1. The molecule has 0 aliphatic carbocycles. The first kappa shape index (κ1) is 8.52. The summed E-state index contributed by atoms with van der Waals surface area (Å²) in [6.07, 6.45) is 0.202. The van der Waals surface area contributed by atoms with E-state index in [9.17, 15) is 5.11 Å². The van der Waals surface area contributed by atoms with Crippen LogP contribution >= 0.6 is 0 Å². The summed E-state index contributed by atoms with van der Waals surface area (Å²) in [4.78, 5) is 4.04. The van der Waals surface area contributed by atoms with Crippen molar-refractivity contribution in [2.75, 3.05) is 0 Å². The van der Waals surface area contributed by atoms with Crippen molar-refractivity contribution in [1.82, 2.24) is 4.98 Å². The molecule has 0 aliphatic rings. The van der Waals surface area contributed by atoms with Crippen molar-refractivity contribution in [2.24, 2.45) is 5.73 Å². The van der Waals surface area contributed by atoms with Crippen LogP contribution in [0.1, 0.15) is 11.4 Å². The van der Waals surface area contributed by atoms with E-state index in [1.165, 1.54) is 0 Å². The molecule has 0 aliphatic heterocycles. The van der Waals surface area contributed by atoms with Crippen LogP contribution in [-0.2, 0) is 6.42 Å². The van der Waals surface area contributed by atoms with E-state index in [1.807, 2.05) is 6.92 Å². The minimum atomic E-state index is 0.00315. The zero-order valence-electron chi connectivity index (χ0n) is 6.83. The number of aryl methyl sites for hydroxylation is 1. The summed E-state index contributed by atoms with van der Waals surface area (Å²) in [7, 11) is 0. The molecule has 0 aromatic carbocycles. The molecule has 4 N–H and O–H groups in total. The molecule has 0 unspecified atom stereocenters. The van der Waals surface area contributed by atoms with E-state index in [2.05, 4.69) is 4.98 Å². The largest absolute Gasteiger partial charge is 0.506 e. The van der Waals surface area contributed by atoms with E-state index in [-0.39, 0.29) is 18.0 Å². The van der Waals surface area contributed by atoms with Gasteiger partial charge in [0.15, 0.2) is 0 Å². The van der Waals surface area contributed by atoms with Gasteiger partial charge in [-0.25, -0.2) is 0 Å². The Bertz CT molecular complexity index is 309. The van der Waals surface area contributed by atoms with E-state index in [0.717, 1.165) is 5.69 Å². The SMILES string of the molecule is Cc1ccc(O)c(CC(=N)N)n1. The first-order chi connectivity index (χ1) is 5.59. The summed E-state index contributed by atoms with van der Waals surface area (Å²) >= 11 is 0. The zero-order valence-corrected chi connectivity index (χ0v) is 6.83. The maximum Gasteiger partial charge on any atom is 0.137 e. The van der Waals surface area contributed by atoms with Crippen LogP contribution in [0.15, 0.2) is 12.1 Å². The van der Waals surface area contributed by atoms with E-state index in [0.29, 0.717) is 5.69 Å². The highest BCUT2D eigenvalue weighted by Gasteiger charge is 2.03. The number of pyridine rings is 1. The maximum atomic E-state index is 9.27. The van der Waals surface area contributed by atoms with Crippen LogP contribution in [0, 0.1) is 12.3 Å². The van der Waals surface area contributed by atoms with Crippen molar-refractivity contribution in [2.45, 2.75) is 13.3 Å². The monoisotopic (exact) mass is 165 g/mol. The van der Waals surface area contributed by atoms with Gasteiger partial charge in [-0.05, 0) is 19.1 Å². The highest BCUT2D eigenvalue weighted by molar-refractivity contribution is 5.79. The van der Waals surface area contributed by atoms with Crippen molar-refractivity contribution in [3.8, 4) is 5.75 Å². The molecule has 0 spiro atoms. The second-order valence-electron chi connectivity index (χ2n) is 2.62. The molecule has 0 saturated heterocycles. The fraction of sp³-hybridized carbons (Fsp3) is 0.250. The van der Waals surface area contributed by atoms with E-state index in [1.54, 1.807) is 12.1 Å². The molecule has 0 radical (unpaired) electrons. The second kappa shape index (κ2) is 3.21. The number of hydrogen-bond donors (Lipinski definition) is 3. The maximum absolute atomic E-state index is 9.27. The lowest BCUT2D eigenvalue weighted by Crippen LogP contribution is -2.13. The van der Waals surface area contributed by atoms with Gasteiger partial charge < -0.3 is 10.8 Å². The lowest BCUT2D eigenvalue weighted by atomic mass is 10.2.